The molecule has 0 saturated carbocycles. The Bertz CT molecular complexity index is 630. The Hall–Kier alpha value is -2.18. The third-order valence-corrected chi connectivity index (χ3v) is 3.42. The second-order valence-corrected chi connectivity index (χ2v) is 4.67. The zero-order valence-electron chi connectivity index (χ0n) is 12.0. The maximum atomic E-state index is 12.6. The molecule has 0 radical (unpaired) electrons. The first kappa shape index (κ1) is 15.2. The molecule has 21 heavy (non-hydrogen) atoms. The van der Waals surface area contributed by atoms with Gasteiger partial charge in [0.1, 0.15) is 5.82 Å². The van der Waals surface area contributed by atoms with E-state index in [4.69, 9.17) is 10.9 Å². The quantitative estimate of drug-likeness (QED) is 0.551. The summed E-state index contributed by atoms with van der Waals surface area (Å²) in [4.78, 5) is 18.6. The summed E-state index contributed by atoms with van der Waals surface area (Å²) in [5.41, 5.74) is 3.09. The van der Waals surface area contributed by atoms with Crippen molar-refractivity contribution in [3.8, 4) is 0 Å². The van der Waals surface area contributed by atoms with Gasteiger partial charge in [-0.05, 0) is 18.7 Å². The minimum Gasteiger partial charge on any atom is -0.396 e. The number of hydrogen-bond acceptors (Lipinski definition) is 5. The van der Waals surface area contributed by atoms with E-state index in [-0.39, 0.29) is 12.5 Å². The van der Waals surface area contributed by atoms with Crippen LogP contribution >= 0.6 is 0 Å². The van der Waals surface area contributed by atoms with Gasteiger partial charge in [0.25, 0.3) is 5.91 Å². The van der Waals surface area contributed by atoms with Gasteiger partial charge in [0.2, 0.25) is 0 Å². The lowest BCUT2D eigenvalue weighted by atomic mass is 10.1. The highest BCUT2D eigenvalue weighted by Crippen LogP contribution is 2.24. The van der Waals surface area contributed by atoms with Crippen LogP contribution in [0, 0.1) is 0 Å². The molecule has 4 N–H and O–H groups in total. The summed E-state index contributed by atoms with van der Waals surface area (Å²) >= 11 is 0. The van der Waals surface area contributed by atoms with E-state index in [2.05, 4.69) is 10.4 Å². The minimum absolute atomic E-state index is 0.0683. The van der Waals surface area contributed by atoms with Crippen molar-refractivity contribution >= 4 is 22.5 Å². The molecule has 0 saturated heterocycles. The summed E-state index contributed by atoms with van der Waals surface area (Å²) in [6.45, 7) is 3.10. The molecule has 6 nitrogen and oxygen atoms in total. The number of benzene rings is 1. The minimum atomic E-state index is -0.0850. The number of hydrazine groups is 1. The third kappa shape index (κ3) is 3.12. The number of aromatic nitrogens is 1. The van der Waals surface area contributed by atoms with Gasteiger partial charge in [0.05, 0.1) is 5.56 Å². The molecule has 1 aromatic carbocycles. The molecule has 0 aliphatic heterocycles. The lowest BCUT2D eigenvalue weighted by Gasteiger charge is -2.21. The SMILES string of the molecule is CCN(CCCO)C(=O)c1cnc(NN)c2ccccc12. The number of amides is 1. The highest BCUT2D eigenvalue weighted by atomic mass is 16.3. The van der Waals surface area contributed by atoms with Crippen molar-refractivity contribution in [1.82, 2.24) is 9.88 Å². The van der Waals surface area contributed by atoms with Crippen LogP contribution in [0.1, 0.15) is 23.7 Å². The van der Waals surface area contributed by atoms with Crippen LogP contribution in [-0.2, 0) is 0 Å². The Morgan fingerprint density at radius 2 is 2.10 bits per heavy atom. The van der Waals surface area contributed by atoms with E-state index in [9.17, 15) is 4.79 Å². The highest BCUT2D eigenvalue weighted by Gasteiger charge is 2.18. The van der Waals surface area contributed by atoms with Gasteiger partial charge in [-0.1, -0.05) is 24.3 Å². The summed E-state index contributed by atoms with van der Waals surface area (Å²) in [6, 6.07) is 7.51. The molecule has 2 rings (SSSR count). The number of carbonyl (C=O) groups excluding carboxylic acids is 1. The first-order valence-corrected chi connectivity index (χ1v) is 6.97. The zero-order valence-corrected chi connectivity index (χ0v) is 12.0. The maximum Gasteiger partial charge on any atom is 0.256 e. The fourth-order valence-electron chi connectivity index (χ4n) is 2.31. The maximum absolute atomic E-state index is 12.6. The van der Waals surface area contributed by atoms with Gasteiger partial charge in [-0.25, -0.2) is 10.8 Å². The molecular weight excluding hydrogens is 268 g/mol. The van der Waals surface area contributed by atoms with Gasteiger partial charge < -0.3 is 15.4 Å². The van der Waals surface area contributed by atoms with Gasteiger partial charge in [0, 0.05) is 31.3 Å². The topological polar surface area (TPSA) is 91.5 Å². The van der Waals surface area contributed by atoms with Gasteiger partial charge in [-0.2, -0.15) is 0 Å². The number of nitrogens with two attached hydrogens (primary N) is 1. The first-order valence-electron chi connectivity index (χ1n) is 6.97. The van der Waals surface area contributed by atoms with Crippen LogP contribution in [0.2, 0.25) is 0 Å². The van der Waals surface area contributed by atoms with Gasteiger partial charge in [-0.15, -0.1) is 0 Å². The lowest BCUT2D eigenvalue weighted by Crippen LogP contribution is -2.32. The first-order chi connectivity index (χ1) is 10.2. The number of nitrogens with one attached hydrogen (secondary N) is 1. The molecule has 1 heterocycles. The van der Waals surface area contributed by atoms with Crippen LogP contribution in [0.5, 0.6) is 0 Å². The Morgan fingerprint density at radius 3 is 2.71 bits per heavy atom. The number of pyridine rings is 1. The van der Waals surface area contributed by atoms with E-state index in [1.807, 2.05) is 31.2 Å². The number of rotatable bonds is 6. The molecule has 0 unspecified atom stereocenters. The monoisotopic (exact) mass is 288 g/mol. The van der Waals surface area contributed by atoms with Crippen LogP contribution < -0.4 is 11.3 Å². The normalized spacial score (nSPS) is 10.6. The van der Waals surface area contributed by atoms with Gasteiger partial charge >= 0.3 is 0 Å². The number of aliphatic hydroxyl groups excluding tert-OH is 1. The Kier molecular flexibility index (Phi) is 5.08. The number of carbonyl (C=O) groups is 1. The van der Waals surface area contributed by atoms with E-state index in [1.54, 1.807) is 11.1 Å². The third-order valence-electron chi connectivity index (χ3n) is 3.42. The summed E-state index contributed by atoms with van der Waals surface area (Å²) < 4.78 is 0. The number of fused-ring (bicyclic) bond motifs is 1. The predicted octanol–water partition coefficient (Wildman–Crippen LogP) is 1.36. The van der Waals surface area contributed by atoms with Crippen molar-refractivity contribution in [2.45, 2.75) is 13.3 Å². The molecule has 1 amide bonds. The molecule has 0 fully saturated rings. The van der Waals surface area contributed by atoms with Crippen LogP contribution in [0.4, 0.5) is 5.82 Å². The van der Waals surface area contributed by atoms with Gasteiger partial charge in [0.15, 0.2) is 0 Å². The molecule has 0 bridgehead atoms. The van der Waals surface area contributed by atoms with Crippen LogP contribution in [0.15, 0.2) is 30.5 Å². The van der Waals surface area contributed by atoms with Crippen molar-refractivity contribution < 1.29 is 9.90 Å². The summed E-state index contributed by atoms with van der Waals surface area (Å²) in [5, 5.41) is 10.6. The Balaban J connectivity index is 2.44. The lowest BCUT2D eigenvalue weighted by molar-refractivity contribution is 0.0756. The summed E-state index contributed by atoms with van der Waals surface area (Å²) in [7, 11) is 0. The average molecular weight is 288 g/mol. The predicted molar refractivity (Wildman–Crippen MR) is 82.8 cm³/mol. The van der Waals surface area contributed by atoms with Crippen LogP contribution in [-0.4, -0.2) is 40.6 Å². The van der Waals surface area contributed by atoms with Crippen LogP contribution in [0.25, 0.3) is 10.8 Å². The fourth-order valence-corrected chi connectivity index (χ4v) is 2.31. The van der Waals surface area contributed by atoms with E-state index >= 15 is 0 Å². The second kappa shape index (κ2) is 7.01. The Morgan fingerprint density at radius 1 is 1.38 bits per heavy atom. The zero-order chi connectivity index (χ0) is 15.2. The van der Waals surface area contributed by atoms with E-state index in [0.29, 0.717) is 30.9 Å². The highest BCUT2D eigenvalue weighted by molar-refractivity contribution is 6.09. The van der Waals surface area contributed by atoms with Crippen molar-refractivity contribution in [1.29, 1.82) is 0 Å². The molecule has 0 aliphatic carbocycles. The summed E-state index contributed by atoms with van der Waals surface area (Å²) in [5.74, 6) is 5.92. The number of anilines is 1. The molecular formula is C15H20N4O2. The largest absolute Gasteiger partial charge is 0.396 e. The standard InChI is InChI=1S/C15H20N4O2/c1-2-19(8-5-9-20)15(21)13-10-17-14(18-16)12-7-4-3-6-11(12)13/h3-4,6-7,10,20H,2,5,8-9,16H2,1H3,(H,17,18). The van der Waals surface area contributed by atoms with Crippen molar-refractivity contribution in [3.05, 3.63) is 36.0 Å². The molecule has 6 heteroatoms. The second-order valence-electron chi connectivity index (χ2n) is 4.67. The fraction of sp³-hybridized carbons (Fsp3) is 0.333. The van der Waals surface area contributed by atoms with Crippen molar-refractivity contribution in [2.24, 2.45) is 5.84 Å². The Labute approximate surface area is 123 Å². The van der Waals surface area contributed by atoms with Crippen molar-refractivity contribution in [3.63, 3.8) is 0 Å². The number of hydrogen-bond donors (Lipinski definition) is 3. The van der Waals surface area contributed by atoms with E-state index < -0.39 is 0 Å². The number of aliphatic hydroxyl groups is 1. The molecule has 1 aromatic heterocycles. The van der Waals surface area contributed by atoms with Gasteiger partial charge in [-0.3, -0.25) is 4.79 Å². The van der Waals surface area contributed by atoms with E-state index in [1.165, 1.54) is 0 Å². The molecule has 2 aromatic rings. The molecule has 0 spiro atoms. The summed E-state index contributed by atoms with van der Waals surface area (Å²) in [6.07, 6.45) is 2.11. The van der Waals surface area contributed by atoms with Crippen LogP contribution in [0.3, 0.4) is 0 Å². The van der Waals surface area contributed by atoms with E-state index in [0.717, 1.165) is 10.8 Å². The smallest absolute Gasteiger partial charge is 0.256 e. The molecule has 0 atom stereocenters. The number of nitrogens with zero attached hydrogens (tertiary/aromatic N) is 2. The van der Waals surface area contributed by atoms with Crippen molar-refractivity contribution in [2.75, 3.05) is 25.1 Å². The number of nitrogen functional groups attached to an aromatic ring is 1. The average Bonchev–Trinajstić information content (AvgIpc) is 2.54. The molecule has 112 valence electrons. The molecule has 0 aliphatic rings.